The molecule has 3 aromatic rings. The molecule has 1 amide bonds. The van der Waals surface area contributed by atoms with Crippen molar-refractivity contribution in [3.8, 4) is 17.0 Å². The van der Waals surface area contributed by atoms with Gasteiger partial charge in [0, 0.05) is 17.7 Å². The van der Waals surface area contributed by atoms with Crippen molar-refractivity contribution in [2.24, 2.45) is 0 Å². The molecule has 0 saturated heterocycles. The van der Waals surface area contributed by atoms with Gasteiger partial charge in [-0.3, -0.25) is 9.89 Å². The lowest BCUT2D eigenvalue weighted by Gasteiger charge is -2.26. The van der Waals surface area contributed by atoms with Gasteiger partial charge in [0.1, 0.15) is 17.1 Å². The maximum atomic E-state index is 13.2. The van der Waals surface area contributed by atoms with Crippen LogP contribution in [-0.4, -0.2) is 32.7 Å². The molecule has 0 fully saturated rings. The Labute approximate surface area is 183 Å². The number of aromatic hydroxyl groups is 1. The zero-order valence-corrected chi connectivity index (χ0v) is 18.8. The first-order valence-corrected chi connectivity index (χ1v) is 10.5. The zero-order chi connectivity index (χ0) is 22.5. The maximum Gasteiger partial charge on any atom is 0.273 e. The summed E-state index contributed by atoms with van der Waals surface area (Å²) in [6.45, 7) is 14.7. The fourth-order valence-electron chi connectivity index (χ4n) is 4.48. The Morgan fingerprint density at radius 3 is 2.45 bits per heavy atom. The molecule has 1 aliphatic heterocycles. The van der Waals surface area contributed by atoms with Crippen LogP contribution in [0.15, 0.2) is 49.1 Å². The second kappa shape index (κ2) is 7.41. The smallest absolute Gasteiger partial charge is 0.273 e. The quantitative estimate of drug-likeness (QED) is 0.559. The highest BCUT2D eigenvalue weighted by Crippen LogP contribution is 2.45. The number of hydrogen-bond donors (Lipinski definition) is 2. The van der Waals surface area contributed by atoms with E-state index in [-0.39, 0.29) is 23.1 Å². The Hall–Kier alpha value is -3.34. The molecule has 0 aliphatic carbocycles. The predicted molar refractivity (Wildman–Crippen MR) is 123 cm³/mol. The van der Waals surface area contributed by atoms with Crippen LogP contribution in [0.5, 0.6) is 5.75 Å². The van der Waals surface area contributed by atoms with E-state index in [0.29, 0.717) is 23.5 Å². The van der Waals surface area contributed by atoms with Gasteiger partial charge in [0.25, 0.3) is 5.91 Å². The Kier molecular flexibility index (Phi) is 5.00. The largest absolute Gasteiger partial charge is 0.507 e. The van der Waals surface area contributed by atoms with Crippen molar-refractivity contribution < 1.29 is 9.90 Å². The summed E-state index contributed by atoms with van der Waals surface area (Å²) in [6.07, 6.45) is 1.74. The van der Waals surface area contributed by atoms with E-state index in [0.717, 1.165) is 22.3 Å². The van der Waals surface area contributed by atoms with Gasteiger partial charge in [0.2, 0.25) is 0 Å². The third-order valence-corrected chi connectivity index (χ3v) is 5.98. The number of carbonyl (C=O) groups is 1. The van der Waals surface area contributed by atoms with E-state index in [4.69, 9.17) is 0 Å². The molecule has 5 nitrogen and oxygen atoms in total. The van der Waals surface area contributed by atoms with Crippen LogP contribution in [0.4, 0.5) is 0 Å². The number of phenolic OH excluding ortho intramolecular Hbond substituents is 1. The van der Waals surface area contributed by atoms with Gasteiger partial charge in [0.15, 0.2) is 0 Å². The summed E-state index contributed by atoms with van der Waals surface area (Å²) < 4.78 is 0. The van der Waals surface area contributed by atoms with Gasteiger partial charge in [-0.2, -0.15) is 5.10 Å². The molecule has 1 unspecified atom stereocenters. The average molecular weight is 416 g/mol. The summed E-state index contributed by atoms with van der Waals surface area (Å²) in [7, 11) is 0. The van der Waals surface area contributed by atoms with Gasteiger partial charge >= 0.3 is 0 Å². The van der Waals surface area contributed by atoms with Gasteiger partial charge in [-0.05, 0) is 47.6 Å². The Balaban J connectivity index is 1.91. The monoisotopic (exact) mass is 415 g/mol. The number of benzene rings is 2. The molecule has 2 aromatic carbocycles. The van der Waals surface area contributed by atoms with Crippen molar-refractivity contribution in [1.82, 2.24) is 15.1 Å². The van der Waals surface area contributed by atoms with Gasteiger partial charge < -0.3 is 10.0 Å². The fourth-order valence-corrected chi connectivity index (χ4v) is 4.48. The van der Waals surface area contributed by atoms with Gasteiger partial charge in [-0.25, -0.2) is 0 Å². The molecule has 1 aromatic heterocycles. The lowest BCUT2D eigenvalue weighted by molar-refractivity contribution is 0.0764. The Morgan fingerprint density at radius 2 is 1.87 bits per heavy atom. The Morgan fingerprint density at radius 1 is 1.19 bits per heavy atom. The number of H-pyrrole nitrogens is 1. The number of fused-ring (bicyclic) bond motifs is 1. The van der Waals surface area contributed by atoms with Crippen molar-refractivity contribution >= 4 is 5.91 Å². The van der Waals surface area contributed by atoms with Crippen molar-refractivity contribution in [3.63, 3.8) is 0 Å². The van der Waals surface area contributed by atoms with Crippen molar-refractivity contribution in [3.05, 3.63) is 82.6 Å². The number of rotatable bonds is 4. The highest BCUT2D eigenvalue weighted by molar-refractivity contribution is 6.00. The molecule has 1 aliphatic rings. The molecule has 160 valence electrons. The van der Waals surface area contributed by atoms with E-state index in [1.165, 1.54) is 5.56 Å². The van der Waals surface area contributed by atoms with E-state index < -0.39 is 0 Å². The van der Waals surface area contributed by atoms with Crippen LogP contribution in [0.1, 0.15) is 65.1 Å². The van der Waals surface area contributed by atoms with E-state index in [1.54, 1.807) is 17.0 Å². The van der Waals surface area contributed by atoms with Crippen molar-refractivity contribution in [1.29, 1.82) is 0 Å². The number of aromatic nitrogens is 2. The van der Waals surface area contributed by atoms with E-state index in [9.17, 15) is 9.90 Å². The number of phenols is 1. The first-order chi connectivity index (χ1) is 14.6. The number of nitrogens with zero attached hydrogens (tertiary/aromatic N) is 2. The van der Waals surface area contributed by atoms with Crippen LogP contribution in [0.2, 0.25) is 0 Å². The van der Waals surface area contributed by atoms with Crippen LogP contribution in [-0.2, 0) is 5.41 Å². The normalized spacial score (nSPS) is 16.0. The highest BCUT2D eigenvalue weighted by atomic mass is 16.3. The third-order valence-electron chi connectivity index (χ3n) is 5.98. The SMILES string of the molecule is C=CCN1C(=O)c2[nH]nc(-c3c(C)cc(C)cc3O)c2C1c1ccc(C(C)(C)C)cc1. The van der Waals surface area contributed by atoms with Crippen LogP contribution in [0, 0.1) is 13.8 Å². The standard InChI is InChI=1S/C26H29N3O2/c1-7-12-29-24(17-8-10-18(11-9-17)26(4,5)6)21-22(27-28-23(21)25(29)31)20-16(3)13-15(2)14-19(20)30/h7-11,13-14,24,30H,1,12H2,2-6H3,(H,27,28). The topological polar surface area (TPSA) is 69.2 Å². The molecule has 0 bridgehead atoms. The number of carbonyl (C=O) groups excluding carboxylic acids is 1. The minimum atomic E-state index is -0.302. The molecule has 1 atom stereocenters. The fraction of sp³-hybridized carbons (Fsp3) is 0.308. The molecule has 5 heteroatoms. The summed E-state index contributed by atoms with van der Waals surface area (Å²) >= 11 is 0. The van der Waals surface area contributed by atoms with E-state index >= 15 is 0 Å². The number of hydrogen-bond acceptors (Lipinski definition) is 3. The molecule has 2 N–H and O–H groups in total. The first kappa shape index (κ1) is 20.9. The van der Waals surface area contributed by atoms with Gasteiger partial charge in [0.05, 0.1) is 6.04 Å². The lowest BCUT2D eigenvalue weighted by atomic mass is 9.85. The minimum absolute atomic E-state index is 0.0432. The van der Waals surface area contributed by atoms with Crippen LogP contribution >= 0.6 is 0 Å². The number of aromatic amines is 1. The molecule has 0 radical (unpaired) electrons. The van der Waals surface area contributed by atoms with Crippen LogP contribution < -0.4 is 0 Å². The highest BCUT2D eigenvalue weighted by Gasteiger charge is 2.42. The minimum Gasteiger partial charge on any atom is -0.507 e. The summed E-state index contributed by atoms with van der Waals surface area (Å²) in [4.78, 5) is 15.0. The summed E-state index contributed by atoms with van der Waals surface area (Å²) in [6, 6.07) is 11.9. The third kappa shape index (κ3) is 3.44. The Bertz CT molecular complexity index is 1140. The molecular formula is C26H29N3O2. The predicted octanol–water partition coefficient (Wildman–Crippen LogP) is 5.43. The van der Waals surface area contributed by atoms with Gasteiger partial charge in [-0.15, -0.1) is 6.58 Å². The van der Waals surface area contributed by atoms with E-state index in [2.05, 4.69) is 61.8 Å². The zero-order valence-electron chi connectivity index (χ0n) is 18.8. The lowest BCUT2D eigenvalue weighted by Crippen LogP contribution is -2.29. The molecule has 31 heavy (non-hydrogen) atoms. The summed E-state index contributed by atoms with van der Waals surface area (Å²) in [5.74, 6) is 0.0612. The molecule has 0 spiro atoms. The first-order valence-electron chi connectivity index (χ1n) is 10.5. The van der Waals surface area contributed by atoms with Crippen LogP contribution in [0.25, 0.3) is 11.3 Å². The van der Waals surface area contributed by atoms with Gasteiger partial charge in [-0.1, -0.05) is 57.2 Å². The summed E-state index contributed by atoms with van der Waals surface area (Å²) in [5.41, 5.74) is 6.74. The second-order valence-electron chi connectivity index (χ2n) is 9.36. The number of aryl methyl sites for hydroxylation is 2. The maximum absolute atomic E-state index is 13.2. The molecular weight excluding hydrogens is 386 g/mol. The molecule has 4 rings (SSSR count). The average Bonchev–Trinajstić information content (AvgIpc) is 3.21. The van der Waals surface area contributed by atoms with Crippen molar-refractivity contribution in [2.45, 2.75) is 46.1 Å². The second-order valence-corrected chi connectivity index (χ2v) is 9.36. The summed E-state index contributed by atoms with van der Waals surface area (Å²) in [5, 5.41) is 18.1. The van der Waals surface area contributed by atoms with Crippen molar-refractivity contribution in [2.75, 3.05) is 6.54 Å². The van der Waals surface area contributed by atoms with E-state index in [1.807, 2.05) is 19.9 Å². The molecule has 0 saturated carbocycles. The molecule has 2 heterocycles. The number of amides is 1. The number of nitrogens with one attached hydrogen (secondary N) is 1. The van der Waals surface area contributed by atoms with Crippen LogP contribution in [0.3, 0.4) is 0 Å².